The second-order valence-corrected chi connectivity index (χ2v) is 9.45. The molecule has 0 spiro atoms. The number of primary amides is 1. The van der Waals surface area contributed by atoms with Gasteiger partial charge in [-0.25, -0.2) is 4.79 Å². The van der Waals surface area contributed by atoms with E-state index in [4.69, 9.17) is 15.6 Å². The first kappa shape index (κ1) is 26.4. The average Bonchev–Trinajstić information content (AvgIpc) is 2.75. The van der Waals surface area contributed by atoms with Crippen molar-refractivity contribution < 1.29 is 27.9 Å². The number of halogens is 3. The van der Waals surface area contributed by atoms with Gasteiger partial charge in [0.05, 0.1) is 0 Å². The highest BCUT2D eigenvalue weighted by molar-refractivity contribution is 5.94. The van der Waals surface area contributed by atoms with Crippen LogP contribution in [0.4, 0.5) is 13.2 Å². The molecule has 3 N–H and O–H groups in total. The lowest BCUT2D eigenvalue weighted by Crippen LogP contribution is -2.21. The zero-order chi connectivity index (χ0) is 24.6. The maximum absolute atomic E-state index is 11.4. The molecule has 0 aromatic heterocycles. The summed E-state index contributed by atoms with van der Waals surface area (Å²) >= 11 is 0. The molecule has 1 aliphatic carbocycles. The van der Waals surface area contributed by atoms with E-state index in [0.29, 0.717) is 11.0 Å². The van der Waals surface area contributed by atoms with Crippen LogP contribution in [-0.2, 0) is 11.2 Å². The van der Waals surface area contributed by atoms with Crippen LogP contribution < -0.4 is 5.73 Å². The predicted octanol–water partition coefficient (Wildman–Crippen LogP) is 6.62. The average molecular weight is 464 g/mol. The zero-order valence-electron chi connectivity index (χ0n) is 19.1. The van der Waals surface area contributed by atoms with Crippen molar-refractivity contribution in [1.29, 1.82) is 0 Å². The summed E-state index contributed by atoms with van der Waals surface area (Å²) < 4.78 is 31.7. The highest BCUT2D eigenvalue weighted by Gasteiger charge is 2.38. The fraction of sp³-hybridized carbons (Fsp3) is 0.462. The standard InChI is InChI=1S/C24H31NO.C2HF3O2/c1-24(2)14-12-18(13-15-24)6-3-7-19-8-4-9-20(16-19)21-10-5-11-22(17-21)23(25)26;3-2(4,5)1(6)7/h4-5,8-11,16-18H,3,6-7,12-15H2,1-2H3,(H2,25,26);(H,6,7). The largest absolute Gasteiger partial charge is 0.490 e. The number of nitrogens with two attached hydrogens (primary N) is 1. The van der Waals surface area contributed by atoms with Crippen LogP contribution >= 0.6 is 0 Å². The topological polar surface area (TPSA) is 80.4 Å². The quantitative estimate of drug-likeness (QED) is 0.505. The highest BCUT2D eigenvalue weighted by Crippen LogP contribution is 2.39. The van der Waals surface area contributed by atoms with Gasteiger partial charge < -0.3 is 10.8 Å². The van der Waals surface area contributed by atoms with Gasteiger partial charge in [0.1, 0.15) is 0 Å². The summed E-state index contributed by atoms with van der Waals surface area (Å²) in [6.45, 7) is 4.81. The van der Waals surface area contributed by atoms with Crippen LogP contribution in [0.3, 0.4) is 0 Å². The van der Waals surface area contributed by atoms with Crippen LogP contribution in [0.25, 0.3) is 11.1 Å². The van der Waals surface area contributed by atoms with Crippen LogP contribution in [0.1, 0.15) is 68.3 Å². The molecule has 0 saturated heterocycles. The second kappa shape index (κ2) is 11.3. The molecule has 4 nitrogen and oxygen atoms in total. The normalized spacial score (nSPS) is 15.9. The molecule has 1 saturated carbocycles. The second-order valence-electron chi connectivity index (χ2n) is 9.45. The van der Waals surface area contributed by atoms with Crippen molar-refractivity contribution in [1.82, 2.24) is 0 Å². The predicted molar refractivity (Wildman–Crippen MR) is 123 cm³/mol. The van der Waals surface area contributed by atoms with Gasteiger partial charge in [-0.3, -0.25) is 4.79 Å². The van der Waals surface area contributed by atoms with Crippen LogP contribution in [0.5, 0.6) is 0 Å². The Labute approximate surface area is 193 Å². The smallest absolute Gasteiger partial charge is 0.475 e. The summed E-state index contributed by atoms with van der Waals surface area (Å²) in [5.41, 5.74) is 10.1. The van der Waals surface area contributed by atoms with Crippen molar-refractivity contribution in [2.75, 3.05) is 0 Å². The maximum Gasteiger partial charge on any atom is 0.490 e. The number of carboxylic acids is 1. The van der Waals surface area contributed by atoms with Crippen molar-refractivity contribution in [2.24, 2.45) is 17.1 Å². The van der Waals surface area contributed by atoms with Crippen LogP contribution in [0.15, 0.2) is 48.5 Å². The third kappa shape index (κ3) is 8.91. The van der Waals surface area contributed by atoms with Gasteiger partial charge in [0, 0.05) is 5.56 Å². The van der Waals surface area contributed by atoms with Crippen molar-refractivity contribution >= 4 is 11.9 Å². The van der Waals surface area contributed by atoms with E-state index in [1.165, 1.54) is 44.1 Å². The molecule has 33 heavy (non-hydrogen) atoms. The van der Waals surface area contributed by atoms with E-state index >= 15 is 0 Å². The number of hydrogen-bond donors (Lipinski definition) is 2. The minimum Gasteiger partial charge on any atom is -0.475 e. The van der Waals surface area contributed by atoms with Crippen molar-refractivity contribution in [2.45, 2.75) is 65.0 Å². The van der Waals surface area contributed by atoms with Gasteiger partial charge in [-0.1, -0.05) is 56.7 Å². The molecule has 180 valence electrons. The SMILES string of the molecule is CC1(C)CCC(CCCc2cccc(-c3cccc(C(N)=O)c3)c2)CC1.O=C(O)C(F)(F)F. The highest BCUT2D eigenvalue weighted by atomic mass is 19.4. The van der Waals surface area contributed by atoms with E-state index in [0.717, 1.165) is 23.5 Å². The Morgan fingerprint density at radius 3 is 2.12 bits per heavy atom. The maximum atomic E-state index is 11.4. The number of carbonyl (C=O) groups excluding carboxylic acids is 1. The Balaban J connectivity index is 0.000000479. The van der Waals surface area contributed by atoms with Crippen LogP contribution in [-0.4, -0.2) is 23.2 Å². The number of aryl methyl sites for hydroxylation is 1. The Bertz CT molecular complexity index is 944. The Morgan fingerprint density at radius 2 is 1.58 bits per heavy atom. The molecular formula is C26H32F3NO3. The van der Waals surface area contributed by atoms with Gasteiger partial charge in [-0.2, -0.15) is 13.2 Å². The number of amides is 1. The fourth-order valence-electron chi connectivity index (χ4n) is 4.10. The van der Waals surface area contributed by atoms with Crippen molar-refractivity contribution in [3.63, 3.8) is 0 Å². The molecule has 1 amide bonds. The number of alkyl halides is 3. The monoisotopic (exact) mass is 463 g/mol. The molecule has 0 aliphatic heterocycles. The molecule has 2 aromatic carbocycles. The van der Waals surface area contributed by atoms with Crippen molar-refractivity contribution in [3.05, 3.63) is 59.7 Å². The van der Waals surface area contributed by atoms with Gasteiger partial charge >= 0.3 is 12.1 Å². The first-order chi connectivity index (χ1) is 15.4. The van der Waals surface area contributed by atoms with Gasteiger partial charge in [0.2, 0.25) is 5.91 Å². The molecule has 3 rings (SSSR count). The van der Waals surface area contributed by atoms with Crippen LogP contribution in [0, 0.1) is 11.3 Å². The molecule has 0 unspecified atom stereocenters. The summed E-state index contributed by atoms with van der Waals surface area (Å²) in [4.78, 5) is 20.3. The molecule has 0 bridgehead atoms. The Hall–Kier alpha value is -2.83. The minimum absolute atomic E-state index is 0.376. The number of carboxylic acid groups (broad SMARTS) is 1. The summed E-state index contributed by atoms with van der Waals surface area (Å²) in [6.07, 6.45) is 4.20. The molecule has 1 fully saturated rings. The molecule has 7 heteroatoms. The molecule has 0 atom stereocenters. The fourth-order valence-corrected chi connectivity index (χ4v) is 4.10. The van der Waals surface area contributed by atoms with Gasteiger partial charge in [0.25, 0.3) is 0 Å². The Morgan fingerprint density at radius 1 is 1.03 bits per heavy atom. The number of carbonyl (C=O) groups is 2. The first-order valence-electron chi connectivity index (χ1n) is 11.2. The third-order valence-electron chi connectivity index (χ3n) is 6.19. The zero-order valence-corrected chi connectivity index (χ0v) is 19.1. The molecule has 2 aromatic rings. The number of benzene rings is 2. The van der Waals surface area contributed by atoms with E-state index in [2.05, 4.69) is 38.1 Å². The molecular weight excluding hydrogens is 431 g/mol. The van der Waals surface area contributed by atoms with E-state index < -0.39 is 12.1 Å². The minimum atomic E-state index is -5.08. The van der Waals surface area contributed by atoms with E-state index in [1.807, 2.05) is 18.2 Å². The first-order valence-corrected chi connectivity index (χ1v) is 11.2. The number of hydrogen-bond acceptors (Lipinski definition) is 2. The number of rotatable bonds is 6. The van der Waals surface area contributed by atoms with Gasteiger partial charge in [-0.15, -0.1) is 0 Å². The summed E-state index contributed by atoms with van der Waals surface area (Å²) in [6, 6.07) is 16.3. The van der Waals surface area contributed by atoms with Gasteiger partial charge in [0.15, 0.2) is 0 Å². The van der Waals surface area contributed by atoms with Crippen LogP contribution in [0.2, 0.25) is 0 Å². The summed E-state index contributed by atoms with van der Waals surface area (Å²) in [7, 11) is 0. The lowest BCUT2D eigenvalue weighted by molar-refractivity contribution is -0.192. The molecule has 0 radical (unpaired) electrons. The summed E-state index contributed by atoms with van der Waals surface area (Å²) in [5, 5.41) is 7.12. The molecule has 1 aliphatic rings. The molecule has 0 heterocycles. The third-order valence-corrected chi connectivity index (χ3v) is 6.19. The Kier molecular flexibility index (Phi) is 9.08. The number of aliphatic carboxylic acids is 1. The lowest BCUT2D eigenvalue weighted by atomic mass is 9.72. The van der Waals surface area contributed by atoms with E-state index in [9.17, 15) is 18.0 Å². The van der Waals surface area contributed by atoms with E-state index in [-0.39, 0.29) is 5.91 Å². The van der Waals surface area contributed by atoms with Crippen molar-refractivity contribution in [3.8, 4) is 11.1 Å². The lowest BCUT2D eigenvalue weighted by Gasteiger charge is -2.34. The van der Waals surface area contributed by atoms with Gasteiger partial charge in [-0.05, 0) is 78.7 Å². The van der Waals surface area contributed by atoms with E-state index in [1.54, 1.807) is 6.07 Å². The summed E-state index contributed by atoms with van der Waals surface area (Å²) in [5.74, 6) is -2.22.